The summed E-state index contributed by atoms with van der Waals surface area (Å²) in [7, 11) is 0. The van der Waals surface area contributed by atoms with Crippen molar-refractivity contribution in [2.75, 3.05) is 0 Å². The van der Waals surface area contributed by atoms with Gasteiger partial charge in [-0.1, -0.05) is 59.3 Å². The smallest absolute Gasteiger partial charge is 0.0148 e. The van der Waals surface area contributed by atoms with Gasteiger partial charge < -0.3 is 0 Å². The van der Waals surface area contributed by atoms with E-state index in [1.165, 1.54) is 12.0 Å². The molecule has 0 spiro atoms. The SMILES string of the molecule is C=CCC(/C=C(\C)C(C)(C)CC)C(C)(C)C. The highest BCUT2D eigenvalue weighted by molar-refractivity contribution is 5.12. The Morgan fingerprint density at radius 3 is 2.00 bits per heavy atom. The molecule has 0 radical (unpaired) electrons. The molecule has 0 amide bonds. The van der Waals surface area contributed by atoms with Crippen molar-refractivity contribution in [2.24, 2.45) is 16.7 Å². The summed E-state index contributed by atoms with van der Waals surface area (Å²) in [6.45, 7) is 20.0. The van der Waals surface area contributed by atoms with Crippen LogP contribution in [0.1, 0.15) is 61.3 Å². The summed E-state index contributed by atoms with van der Waals surface area (Å²) in [5.74, 6) is 0.593. The molecular formula is C16H30. The number of allylic oxidation sites excluding steroid dienone is 3. The highest BCUT2D eigenvalue weighted by atomic mass is 14.3. The third kappa shape index (κ3) is 4.55. The van der Waals surface area contributed by atoms with Gasteiger partial charge in [0.2, 0.25) is 0 Å². The molecule has 0 heterocycles. The van der Waals surface area contributed by atoms with Crippen LogP contribution < -0.4 is 0 Å². The van der Waals surface area contributed by atoms with Crippen molar-refractivity contribution >= 4 is 0 Å². The van der Waals surface area contributed by atoms with E-state index in [1.807, 2.05) is 6.08 Å². The van der Waals surface area contributed by atoms with Crippen LogP contribution in [0.4, 0.5) is 0 Å². The van der Waals surface area contributed by atoms with Gasteiger partial charge in [-0.05, 0) is 36.5 Å². The van der Waals surface area contributed by atoms with Crippen LogP contribution in [0.5, 0.6) is 0 Å². The molecule has 1 atom stereocenters. The topological polar surface area (TPSA) is 0 Å². The Bertz CT molecular complexity index is 248. The Kier molecular flexibility index (Phi) is 5.52. The van der Waals surface area contributed by atoms with Crippen molar-refractivity contribution < 1.29 is 0 Å². The van der Waals surface area contributed by atoms with E-state index in [4.69, 9.17) is 0 Å². The lowest BCUT2D eigenvalue weighted by Gasteiger charge is -2.31. The van der Waals surface area contributed by atoms with Gasteiger partial charge in [0, 0.05) is 0 Å². The molecule has 0 aromatic heterocycles. The molecule has 0 fully saturated rings. The Morgan fingerprint density at radius 1 is 1.19 bits per heavy atom. The summed E-state index contributed by atoms with van der Waals surface area (Å²) in [6.07, 6.45) is 6.77. The first kappa shape index (κ1) is 15.5. The molecule has 0 saturated heterocycles. The van der Waals surface area contributed by atoms with Gasteiger partial charge in [-0.15, -0.1) is 6.58 Å². The van der Waals surface area contributed by atoms with Gasteiger partial charge in [-0.2, -0.15) is 0 Å². The highest BCUT2D eigenvalue weighted by Crippen LogP contribution is 2.36. The standard InChI is InChI=1S/C16H30/c1-9-11-14(15(4,5)6)12-13(3)16(7,8)10-2/h9,12,14H,1,10-11H2,2-8H3/b13-12+. The van der Waals surface area contributed by atoms with Crippen LogP contribution in [-0.4, -0.2) is 0 Å². The van der Waals surface area contributed by atoms with Crippen LogP contribution in [0, 0.1) is 16.7 Å². The first-order valence-corrected chi connectivity index (χ1v) is 6.45. The maximum absolute atomic E-state index is 3.87. The minimum absolute atomic E-state index is 0.319. The molecule has 0 N–H and O–H groups in total. The maximum atomic E-state index is 3.87. The predicted octanol–water partition coefficient (Wildman–Crippen LogP) is 5.61. The number of hydrogen-bond acceptors (Lipinski definition) is 0. The van der Waals surface area contributed by atoms with Gasteiger partial charge >= 0.3 is 0 Å². The van der Waals surface area contributed by atoms with E-state index >= 15 is 0 Å². The zero-order chi connectivity index (χ0) is 13.0. The molecule has 1 unspecified atom stereocenters. The van der Waals surface area contributed by atoms with E-state index in [0.29, 0.717) is 16.7 Å². The van der Waals surface area contributed by atoms with Gasteiger partial charge in [-0.3, -0.25) is 0 Å². The second kappa shape index (κ2) is 5.70. The molecule has 0 aromatic rings. The summed E-state index contributed by atoms with van der Waals surface area (Å²) < 4.78 is 0. The van der Waals surface area contributed by atoms with Gasteiger partial charge in [0.05, 0.1) is 0 Å². The lowest BCUT2D eigenvalue weighted by molar-refractivity contribution is 0.289. The molecule has 0 saturated carbocycles. The van der Waals surface area contributed by atoms with E-state index < -0.39 is 0 Å². The largest absolute Gasteiger partial charge is 0.103 e. The summed E-state index contributed by atoms with van der Waals surface area (Å²) in [6, 6.07) is 0. The summed E-state index contributed by atoms with van der Waals surface area (Å²) in [5.41, 5.74) is 2.15. The van der Waals surface area contributed by atoms with Crippen LogP contribution in [0.15, 0.2) is 24.3 Å². The molecular weight excluding hydrogens is 192 g/mol. The minimum Gasteiger partial charge on any atom is -0.103 e. The van der Waals surface area contributed by atoms with Gasteiger partial charge in [0.15, 0.2) is 0 Å². The summed E-state index contributed by atoms with van der Waals surface area (Å²) >= 11 is 0. The van der Waals surface area contributed by atoms with Crippen molar-refractivity contribution in [1.29, 1.82) is 0 Å². The normalized spacial score (nSPS) is 16.1. The van der Waals surface area contributed by atoms with Crippen LogP contribution in [0.25, 0.3) is 0 Å². The first-order valence-electron chi connectivity index (χ1n) is 6.45. The molecule has 0 aromatic carbocycles. The molecule has 0 nitrogen and oxygen atoms in total. The van der Waals surface area contributed by atoms with Crippen molar-refractivity contribution in [1.82, 2.24) is 0 Å². The molecule has 0 aliphatic heterocycles. The van der Waals surface area contributed by atoms with Crippen LogP contribution in [0.2, 0.25) is 0 Å². The molecule has 0 rings (SSSR count). The van der Waals surface area contributed by atoms with Crippen LogP contribution >= 0.6 is 0 Å². The Balaban J connectivity index is 4.99. The van der Waals surface area contributed by atoms with Crippen LogP contribution in [0.3, 0.4) is 0 Å². The van der Waals surface area contributed by atoms with E-state index in [0.717, 1.165) is 6.42 Å². The van der Waals surface area contributed by atoms with Crippen molar-refractivity contribution in [2.45, 2.75) is 61.3 Å². The molecule has 0 heteroatoms. The molecule has 0 aliphatic rings. The van der Waals surface area contributed by atoms with Crippen molar-refractivity contribution in [3.63, 3.8) is 0 Å². The number of hydrogen-bond donors (Lipinski definition) is 0. The monoisotopic (exact) mass is 222 g/mol. The summed E-state index contributed by atoms with van der Waals surface area (Å²) in [4.78, 5) is 0. The molecule has 94 valence electrons. The van der Waals surface area contributed by atoms with Crippen LogP contribution in [-0.2, 0) is 0 Å². The average Bonchev–Trinajstić information content (AvgIpc) is 2.15. The average molecular weight is 222 g/mol. The highest BCUT2D eigenvalue weighted by Gasteiger charge is 2.24. The fourth-order valence-electron chi connectivity index (χ4n) is 1.66. The van der Waals surface area contributed by atoms with E-state index in [-0.39, 0.29) is 0 Å². The van der Waals surface area contributed by atoms with Gasteiger partial charge in [0.25, 0.3) is 0 Å². The lowest BCUT2D eigenvalue weighted by Crippen LogP contribution is -2.20. The first-order chi connectivity index (χ1) is 7.15. The number of rotatable bonds is 5. The molecule has 0 aliphatic carbocycles. The molecule has 16 heavy (non-hydrogen) atoms. The fourth-order valence-corrected chi connectivity index (χ4v) is 1.66. The zero-order valence-corrected chi connectivity index (χ0v) is 12.4. The van der Waals surface area contributed by atoms with E-state index in [9.17, 15) is 0 Å². The van der Waals surface area contributed by atoms with Crippen molar-refractivity contribution in [3.8, 4) is 0 Å². The molecule has 0 bridgehead atoms. The Labute approximate surface area is 103 Å². The third-order valence-corrected chi connectivity index (χ3v) is 3.94. The maximum Gasteiger partial charge on any atom is -0.0148 e. The fraction of sp³-hybridized carbons (Fsp3) is 0.750. The van der Waals surface area contributed by atoms with Gasteiger partial charge in [-0.25, -0.2) is 0 Å². The second-order valence-corrected chi connectivity index (χ2v) is 6.58. The Morgan fingerprint density at radius 2 is 1.69 bits per heavy atom. The lowest BCUT2D eigenvalue weighted by atomic mass is 9.74. The minimum atomic E-state index is 0.319. The quantitative estimate of drug-likeness (QED) is 0.531. The van der Waals surface area contributed by atoms with Gasteiger partial charge in [0.1, 0.15) is 0 Å². The predicted molar refractivity (Wildman–Crippen MR) is 75.6 cm³/mol. The third-order valence-electron chi connectivity index (χ3n) is 3.94. The second-order valence-electron chi connectivity index (χ2n) is 6.58. The van der Waals surface area contributed by atoms with E-state index in [1.54, 1.807) is 0 Å². The Hall–Kier alpha value is -0.520. The van der Waals surface area contributed by atoms with E-state index in [2.05, 4.69) is 61.1 Å². The summed E-state index contributed by atoms with van der Waals surface area (Å²) in [5, 5.41) is 0. The van der Waals surface area contributed by atoms with Crippen molar-refractivity contribution in [3.05, 3.63) is 24.3 Å². The zero-order valence-electron chi connectivity index (χ0n) is 12.4.